The molecule has 0 heterocycles. The van der Waals surface area contributed by atoms with Crippen LogP contribution >= 0.6 is 0 Å². The SMILES string of the molecule is CC[C@H](C)[C@H](NC(=O)[C@H](C)NC(=O)[C@H](CC(C)C)NC(=O)[C@@H](N)CO)C(=O)N[C@H](C(=O)N[C@H](C(=O)NCC(=O)N[C@@H](C)C(=O)N[C@@H](CCCCN)C(=O)O)C(C)C)C(C)C. The summed E-state index contributed by atoms with van der Waals surface area (Å²) >= 11 is 0. The molecule has 0 aliphatic carbocycles. The van der Waals surface area contributed by atoms with Gasteiger partial charge in [-0.25, -0.2) is 4.79 Å². The highest BCUT2D eigenvalue weighted by atomic mass is 16.4. The molecule has 0 unspecified atom stereocenters. The highest BCUT2D eigenvalue weighted by Crippen LogP contribution is 2.12. The molecule has 0 spiro atoms. The quantitative estimate of drug-likeness (QED) is 0.0362. The van der Waals surface area contributed by atoms with Gasteiger partial charge in [-0.05, 0) is 69.7 Å². The number of nitrogens with one attached hydrogen (secondary N) is 8. The Hall–Kier alpha value is -4.89. The van der Waals surface area contributed by atoms with Gasteiger partial charge >= 0.3 is 5.97 Å². The van der Waals surface area contributed by atoms with Crippen molar-refractivity contribution in [3.63, 3.8) is 0 Å². The summed E-state index contributed by atoms with van der Waals surface area (Å²) in [4.78, 5) is 116. The van der Waals surface area contributed by atoms with E-state index in [9.17, 15) is 53.4 Å². The molecule has 0 rings (SSSR count). The van der Waals surface area contributed by atoms with E-state index in [2.05, 4.69) is 42.5 Å². The number of amides is 8. The van der Waals surface area contributed by atoms with Crippen LogP contribution in [0.2, 0.25) is 0 Å². The Morgan fingerprint density at radius 2 is 1.05 bits per heavy atom. The zero-order valence-electron chi connectivity index (χ0n) is 36.8. The first-order valence-corrected chi connectivity index (χ1v) is 20.6. The number of carboxylic acids is 1. The fourth-order valence-corrected chi connectivity index (χ4v) is 5.66. The van der Waals surface area contributed by atoms with E-state index in [0.29, 0.717) is 25.8 Å². The molecule has 0 aromatic carbocycles. The summed E-state index contributed by atoms with van der Waals surface area (Å²) < 4.78 is 0. The second-order valence-corrected chi connectivity index (χ2v) is 16.2. The van der Waals surface area contributed by atoms with Gasteiger partial charge in [0.25, 0.3) is 0 Å². The van der Waals surface area contributed by atoms with Gasteiger partial charge < -0.3 is 64.2 Å². The molecule has 0 aromatic rings. The third kappa shape index (κ3) is 19.9. The van der Waals surface area contributed by atoms with Crippen molar-refractivity contribution >= 4 is 53.2 Å². The first-order chi connectivity index (χ1) is 27.9. The summed E-state index contributed by atoms with van der Waals surface area (Å²) in [7, 11) is 0. The molecular weight excluding hydrogens is 784 g/mol. The largest absolute Gasteiger partial charge is 0.480 e. The molecule has 0 aliphatic heterocycles. The molecule has 0 aromatic heterocycles. The molecular formula is C39H72N10O11. The van der Waals surface area contributed by atoms with Gasteiger partial charge in [-0.3, -0.25) is 38.4 Å². The van der Waals surface area contributed by atoms with Gasteiger partial charge in [0, 0.05) is 0 Å². The van der Waals surface area contributed by atoms with Crippen molar-refractivity contribution < 1.29 is 53.4 Å². The van der Waals surface area contributed by atoms with Gasteiger partial charge in [0.15, 0.2) is 0 Å². The second-order valence-electron chi connectivity index (χ2n) is 16.2. The molecule has 344 valence electrons. The van der Waals surface area contributed by atoms with Crippen LogP contribution in [0.1, 0.15) is 101 Å². The molecule has 0 fully saturated rings. The van der Waals surface area contributed by atoms with Crippen LogP contribution in [-0.4, -0.2) is 131 Å². The number of carbonyl (C=O) groups is 9. The summed E-state index contributed by atoms with van der Waals surface area (Å²) in [6.07, 6.45) is 1.86. The van der Waals surface area contributed by atoms with Crippen molar-refractivity contribution in [3.8, 4) is 0 Å². The standard InChI is InChI=1S/C39H72N10O11/c1-11-22(8)31(49-33(53)24(10)44-35(55)27(16-19(2)3)46-34(54)25(41)18-50)38(58)48-30(21(6)7)37(57)47-29(20(4)5)36(56)42-17-28(51)43-23(9)32(52)45-26(39(59)60)14-12-13-15-40/h19-27,29-31,50H,11-18,40-41H2,1-10H3,(H,42,56)(H,43,51)(H,44,55)(H,45,52)(H,46,54)(H,47,57)(H,48,58)(H,49,53)(H,59,60)/t22-,23-,24-,25-,26-,27-,29-,30-,31-/m0/s1. The molecule has 8 amide bonds. The van der Waals surface area contributed by atoms with E-state index < -0.39 is 132 Å². The number of nitrogens with two attached hydrogens (primary N) is 2. The first kappa shape index (κ1) is 55.1. The normalized spacial score (nSPS) is 15.8. The molecule has 0 radical (unpaired) electrons. The first-order valence-electron chi connectivity index (χ1n) is 20.6. The molecule has 0 aliphatic rings. The minimum Gasteiger partial charge on any atom is -0.480 e. The van der Waals surface area contributed by atoms with Crippen molar-refractivity contribution in [2.24, 2.45) is 35.1 Å². The summed E-state index contributed by atoms with van der Waals surface area (Å²) in [6, 6.07) is -9.25. The van der Waals surface area contributed by atoms with Crippen molar-refractivity contribution in [1.82, 2.24) is 42.5 Å². The fraction of sp³-hybridized carbons (Fsp3) is 0.769. The van der Waals surface area contributed by atoms with Gasteiger partial charge in [0.2, 0.25) is 47.3 Å². The number of aliphatic carboxylic acids is 1. The molecule has 60 heavy (non-hydrogen) atoms. The van der Waals surface area contributed by atoms with Crippen LogP contribution in [0.25, 0.3) is 0 Å². The Morgan fingerprint density at radius 3 is 1.53 bits per heavy atom. The highest BCUT2D eigenvalue weighted by molar-refractivity contribution is 5.97. The lowest BCUT2D eigenvalue weighted by atomic mass is 9.95. The van der Waals surface area contributed by atoms with E-state index in [0.717, 1.165) is 0 Å². The van der Waals surface area contributed by atoms with Crippen molar-refractivity contribution in [3.05, 3.63) is 0 Å². The van der Waals surface area contributed by atoms with Crippen molar-refractivity contribution in [1.29, 1.82) is 0 Å². The maximum absolute atomic E-state index is 13.7. The third-order valence-corrected chi connectivity index (χ3v) is 9.67. The van der Waals surface area contributed by atoms with Crippen LogP contribution in [0.3, 0.4) is 0 Å². The second kappa shape index (κ2) is 27.8. The Bertz CT molecular complexity index is 1460. The summed E-state index contributed by atoms with van der Waals surface area (Å²) in [5.74, 6) is -8.43. The third-order valence-electron chi connectivity index (χ3n) is 9.67. The minimum absolute atomic E-state index is 0.0354. The smallest absolute Gasteiger partial charge is 0.326 e. The van der Waals surface area contributed by atoms with Gasteiger partial charge in [-0.2, -0.15) is 0 Å². The van der Waals surface area contributed by atoms with E-state index >= 15 is 0 Å². The van der Waals surface area contributed by atoms with E-state index in [4.69, 9.17) is 11.5 Å². The molecule has 0 bridgehead atoms. The van der Waals surface area contributed by atoms with E-state index in [1.807, 2.05) is 13.8 Å². The van der Waals surface area contributed by atoms with Gasteiger partial charge in [-0.1, -0.05) is 61.8 Å². The zero-order chi connectivity index (χ0) is 46.4. The molecule has 0 saturated heterocycles. The number of aliphatic hydroxyl groups excluding tert-OH is 1. The summed E-state index contributed by atoms with van der Waals surface area (Å²) in [5.41, 5.74) is 11.0. The van der Waals surface area contributed by atoms with E-state index in [-0.39, 0.29) is 18.8 Å². The van der Waals surface area contributed by atoms with Crippen LogP contribution in [0.15, 0.2) is 0 Å². The van der Waals surface area contributed by atoms with Gasteiger partial charge in [0.1, 0.15) is 48.3 Å². The van der Waals surface area contributed by atoms with Crippen molar-refractivity contribution in [2.75, 3.05) is 19.7 Å². The monoisotopic (exact) mass is 857 g/mol. The molecule has 14 N–H and O–H groups in total. The average Bonchev–Trinajstić information content (AvgIpc) is 3.17. The number of rotatable bonds is 28. The number of carboxylic acid groups (broad SMARTS) is 1. The summed E-state index contributed by atoms with van der Waals surface area (Å²) in [5, 5.41) is 38.9. The lowest BCUT2D eigenvalue weighted by Crippen LogP contribution is -2.61. The van der Waals surface area contributed by atoms with Crippen LogP contribution in [0, 0.1) is 23.7 Å². The number of carbonyl (C=O) groups excluding carboxylic acids is 8. The summed E-state index contributed by atoms with van der Waals surface area (Å²) in [6.45, 7) is 15.8. The maximum Gasteiger partial charge on any atom is 0.326 e. The molecule has 21 heteroatoms. The van der Waals surface area contributed by atoms with Crippen LogP contribution in [0.5, 0.6) is 0 Å². The number of aliphatic hydroxyl groups is 1. The fourth-order valence-electron chi connectivity index (χ4n) is 5.66. The predicted molar refractivity (Wildman–Crippen MR) is 222 cm³/mol. The Labute approximate surface area is 353 Å². The zero-order valence-corrected chi connectivity index (χ0v) is 36.8. The van der Waals surface area contributed by atoms with Crippen LogP contribution in [0.4, 0.5) is 0 Å². The number of hydrogen-bond acceptors (Lipinski definition) is 12. The lowest BCUT2D eigenvalue weighted by molar-refractivity contribution is -0.142. The molecule has 9 atom stereocenters. The van der Waals surface area contributed by atoms with Crippen LogP contribution in [-0.2, 0) is 43.2 Å². The maximum atomic E-state index is 13.7. The molecule has 21 nitrogen and oxygen atoms in total. The Morgan fingerprint density at radius 1 is 0.567 bits per heavy atom. The highest BCUT2D eigenvalue weighted by Gasteiger charge is 2.35. The van der Waals surface area contributed by atoms with Crippen LogP contribution < -0.4 is 54.0 Å². The lowest BCUT2D eigenvalue weighted by Gasteiger charge is -2.30. The van der Waals surface area contributed by atoms with Gasteiger partial charge in [0.05, 0.1) is 13.2 Å². The molecule has 0 saturated carbocycles. The van der Waals surface area contributed by atoms with Crippen molar-refractivity contribution in [2.45, 2.75) is 150 Å². The number of unbranched alkanes of at least 4 members (excludes halogenated alkanes) is 1. The average molecular weight is 857 g/mol. The van der Waals surface area contributed by atoms with E-state index in [1.54, 1.807) is 41.5 Å². The predicted octanol–water partition coefficient (Wildman–Crippen LogP) is -2.53. The van der Waals surface area contributed by atoms with Gasteiger partial charge in [-0.15, -0.1) is 0 Å². The Kier molecular flexibility index (Phi) is 25.5. The number of hydrogen-bond donors (Lipinski definition) is 12. The topological polar surface area (TPSA) is 342 Å². The minimum atomic E-state index is -1.25. The van der Waals surface area contributed by atoms with E-state index in [1.165, 1.54) is 13.8 Å². The Balaban J connectivity index is 5.70.